The number of ether oxygens (including phenoxy) is 1. The number of hydrogen-bond donors (Lipinski definition) is 1. The molecule has 90 valence electrons. The molecule has 0 saturated heterocycles. The third kappa shape index (κ3) is 4.72. The van der Waals surface area contributed by atoms with E-state index in [-0.39, 0.29) is 0 Å². The first-order valence-corrected chi connectivity index (χ1v) is 5.08. The number of nitrogens with zero attached hydrogens (tertiary/aromatic N) is 4. The summed E-state index contributed by atoms with van der Waals surface area (Å²) >= 11 is 0. The maximum atomic E-state index is 11.3. The fourth-order valence-electron chi connectivity index (χ4n) is 0.990. The van der Waals surface area contributed by atoms with Gasteiger partial charge < -0.3 is 10.1 Å². The number of aryl methyl sites for hydroxylation is 1. The van der Waals surface area contributed by atoms with Gasteiger partial charge in [-0.15, -0.1) is 10.2 Å². The van der Waals surface area contributed by atoms with Gasteiger partial charge in [-0.05, 0) is 32.9 Å². The highest BCUT2D eigenvalue weighted by Crippen LogP contribution is 2.05. The smallest absolute Gasteiger partial charge is 0.407 e. The Morgan fingerprint density at radius 1 is 1.50 bits per heavy atom. The highest BCUT2D eigenvalue weighted by atomic mass is 16.6. The van der Waals surface area contributed by atoms with Crippen LogP contribution in [0.25, 0.3) is 0 Å². The van der Waals surface area contributed by atoms with E-state index < -0.39 is 11.7 Å². The second-order valence-electron chi connectivity index (χ2n) is 4.36. The molecule has 7 heteroatoms. The zero-order valence-electron chi connectivity index (χ0n) is 10.0. The van der Waals surface area contributed by atoms with E-state index in [4.69, 9.17) is 4.74 Å². The molecule has 0 aliphatic carbocycles. The predicted molar refractivity (Wildman–Crippen MR) is 56.8 cm³/mol. The molecule has 16 heavy (non-hydrogen) atoms. The first-order valence-electron chi connectivity index (χ1n) is 5.08. The minimum Gasteiger partial charge on any atom is -0.444 e. The molecule has 0 fully saturated rings. The van der Waals surface area contributed by atoms with Crippen LogP contribution in [-0.2, 0) is 11.3 Å². The summed E-state index contributed by atoms with van der Waals surface area (Å²) in [5.74, 6) is 0.609. The van der Waals surface area contributed by atoms with Crippen LogP contribution in [0.4, 0.5) is 4.79 Å². The van der Waals surface area contributed by atoms with Gasteiger partial charge in [0.2, 0.25) is 0 Å². The summed E-state index contributed by atoms with van der Waals surface area (Å²) in [6, 6.07) is 0. The summed E-state index contributed by atoms with van der Waals surface area (Å²) in [5.41, 5.74) is -0.480. The van der Waals surface area contributed by atoms with Gasteiger partial charge in [0, 0.05) is 6.54 Å². The first kappa shape index (κ1) is 12.4. The van der Waals surface area contributed by atoms with Crippen molar-refractivity contribution in [3.63, 3.8) is 0 Å². The summed E-state index contributed by atoms with van der Waals surface area (Å²) in [6.45, 7) is 8.08. The second kappa shape index (κ2) is 4.91. The summed E-state index contributed by atoms with van der Waals surface area (Å²) in [4.78, 5) is 12.7. The SMILES string of the molecule is Cc1nnn(CCNC(=O)OC(C)(C)C)n1. The van der Waals surface area contributed by atoms with E-state index in [2.05, 4.69) is 20.7 Å². The molecule has 0 aromatic carbocycles. The molecule has 1 N–H and O–H groups in total. The molecule has 1 rings (SSSR count). The molecule has 0 saturated carbocycles. The van der Waals surface area contributed by atoms with E-state index in [0.717, 1.165) is 0 Å². The molecule has 1 heterocycles. The van der Waals surface area contributed by atoms with Crippen LogP contribution in [-0.4, -0.2) is 38.4 Å². The van der Waals surface area contributed by atoms with Crippen molar-refractivity contribution in [2.75, 3.05) is 6.54 Å². The van der Waals surface area contributed by atoms with Crippen LogP contribution in [0.5, 0.6) is 0 Å². The molecule has 1 amide bonds. The number of tetrazole rings is 1. The predicted octanol–water partition coefficient (Wildman–Crippen LogP) is 0.506. The van der Waals surface area contributed by atoms with Gasteiger partial charge in [-0.3, -0.25) is 0 Å². The van der Waals surface area contributed by atoms with Crippen molar-refractivity contribution in [1.29, 1.82) is 0 Å². The number of carbonyl (C=O) groups is 1. The standard InChI is InChI=1S/C9H17N5O2/c1-7-11-13-14(12-7)6-5-10-8(15)16-9(2,3)4/h5-6H2,1-4H3,(H,10,15). The Morgan fingerprint density at radius 3 is 2.69 bits per heavy atom. The van der Waals surface area contributed by atoms with Gasteiger partial charge in [0.25, 0.3) is 0 Å². The Bertz CT molecular complexity index is 355. The van der Waals surface area contributed by atoms with Gasteiger partial charge in [0.05, 0.1) is 6.54 Å². The quantitative estimate of drug-likeness (QED) is 0.813. The van der Waals surface area contributed by atoms with Crippen molar-refractivity contribution >= 4 is 6.09 Å². The molecular formula is C9H17N5O2. The number of amides is 1. The minimum absolute atomic E-state index is 0.407. The van der Waals surface area contributed by atoms with Crippen LogP contribution < -0.4 is 5.32 Å². The molecule has 0 unspecified atom stereocenters. The molecule has 0 bridgehead atoms. The fraction of sp³-hybridized carbons (Fsp3) is 0.778. The van der Waals surface area contributed by atoms with Crippen LogP contribution in [0.2, 0.25) is 0 Å². The molecule has 0 spiro atoms. The Morgan fingerprint density at radius 2 is 2.19 bits per heavy atom. The van der Waals surface area contributed by atoms with E-state index in [9.17, 15) is 4.79 Å². The molecule has 0 radical (unpaired) electrons. The highest BCUT2D eigenvalue weighted by Gasteiger charge is 2.15. The normalized spacial score (nSPS) is 11.2. The van der Waals surface area contributed by atoms with E-state index in [0.29, 0.717) is 18.9 Å². The average Bonchev–Trinajstić information content (AvgIpc) is 2.48. The van der Waals surface area contributed by atoms with Gasteiger partial charge >= 0.3 is 6.09 Å². The van der Waals surface area contributed by atoms with Crippen LogP contribution in [0, 0.1) is 6.92 Å². The number of hydrogen-bond acceptors (Lipinski definition) is 5. The zero-order chi connectivity index (χ0) is 12.2. The lowest BCUT2D eigenvalue weighted by atomic mass is 10.2. The van der Waals surface area contributed by atoms with Crippen molar-refractivity contribution in [3.05, 3.63) is 5.82 Å². The van der Waals surface area contributed by atoms with Gasteiger partial charge in [-0.1, -0.05) is 0 Å². The maximum absolute atomic E-state index is 11.3. The molecule has 0 atom stereocenters. The Labute approximate surface area is 94.2 Å². The van der Waals surface area contributed by atoms with Gasteiger partial charge in [0.1, 0.15) is 5.60 Å². The largest absolute Gasteiger partial charge is 0.444 e. The molecule has 7 nitrogen and oxygen atoms in total. The van der Waals surface area contributed by atoms with Gasteiger partial charge in [0.15, 0.2) is 5.82 Å². The lowest BCUT2D eigenvalue weighted by Crippen LogP contribution is -2.34. The molecule has 1 aromatic heterocycles. The van der Waals surface area contributed by atoms with Crippen molar-refractivity contribution in [3.8, 4) is 0 Å². The van der Waals surface area contributed by atoms with E-state index in [1.807, 2.05) is 20.8 Å². The average molecular weight is 227 g/mol. The third-order valence-corrected chi connectivity index (χ3v) is 1.53. The van der Waals surface area contributed by atoms with Gasteiger partial charge in [-0.25, -0.2) is 4.79 Å². The number of rotatable bonds is 3. The maximum Gasteiger partial charge on any atom is 0.407 e. The number of carbonyl (C=O) groups excluding carboxylic acids is 1. The van der Waals surface area contributed by atoms with Crippen molar-refractivity contribution in [2.24, 2.45) is 0 Å². The monoisotopic (exact) mass is 227 g/mol. The number of aromatic nitrogens is 4. The summed E-state index contributed by atoms with van der Waals surface area (Å²) < 4.78 is 5.07. The zero-order valence-corrected chi connectivity index (χ0v) is 10.0. The van der Waals surface area contributed by atoms with Crippen molar-refractivity contribution in [1.82, 2.24) is 25.5 Å². The van der Waals surface area contributed by atoms with Crippen LogP contribution in [0.15, 0.2) is 0 Å². The molecular weight excluding hydrogens is 210 g/mol. The Hall–Kier alpha value is -1.66. The van der Waals surface area contributed by atoms with Gasteiger partial charge in [-0.2, -0.15) is 4.80 Å². The van der Waals surface area contributed by atoms with Crippen LogP contribution in [0.3, 0.4) is 0 Å². The molecule has 0 aliphatic rings. The van der Waals surface area contributed by atoms with E-state index in [1.165, 1.54) is 4.80 Å². The first-order chi connectivity index (χ1) is 7.37. The lowest BCUT2D eigenvalue weighted by Gasteiger charge is -2.19. The summed E-state index contributed by atoms with van der Waals surface area (Å²) in [5, 5.41) is 14.1. The Balaban J connectivity index is 2.23. The number of nitrogens with one attached hydrogen (secondary N) is 1. The topological polar surface area (TPSA) is 81.9 Å². The molecule has 1 aromatic rings. The molecule has 0 aliphatic heterocycles. The Kier molecular flexibility index (Phi) is 3.81. The summed E-state index contributed by atoms with van der Waals surface area (Å²) in [6.07, 6.45) is -0.440. The van der Waals surface area contributed by atoms with Crippen molar-refractivity contribution in [2.45, 2.75) is 39.8 Å². The van der Waals surface area contributed by atoms with Crippen molar-refractivity contribution < 1.29 is 9.53 Å². The summed E-state index contributed by atoms with van der Waals surface area (Å²) in [7, 11) is 0. The van der Waals surface area contributed by atoms with Crippen LogP contribution >= 0.6 is 0 Å². The van der Waals surface area contributed by atoms with E-state index in [1.54, 1.807) is 6.92 Å². The fourth-order valence-corrected chi connectivity index (χ4v) is 0.990. The third-order valence-electron chi connectivity index (χ3n) is 1.53. The second-order valence-corrected chi connectivity index (χ2v) is 4.36. The number of alkyl carbamates (subject to hydrolysis) is 1. The van der Waals surface area contributed by atoms with Crippen LogP contribution in [0.1, 0.15) is 26.6 Å². The lowest BCUT2D eigenvalue weighted by molar-refractivity contribution is 0.0525. The van der Waals surface area contributed by atoms with E-state index >= 15 is 0 Å². The minimum atomic E-state index is -0.480. The highest BCUT2D eigenvalue weighted by molar-refractivity contribution is 5.67.